The molecular formula is C22H21NO2. The van der Waals surface area contributed by atoms with Gasteiger partial charge in [0.1, 0.15) is 12.4 Å². The van der Waals surface area contributed by atoms with Gasteiger partial charge in [0, 0.05) is 18.3 Å². The van der Waals surface area contributed by atoms with Crippen LogP contribution in [0.25, 0.3) is 0 Å². The number of rotatable bonds is 5. The van der Waals surface area contributed by atoms with Crippen molar-refractivity contribution in [1.29, 1.82) is 0 Å². The summed E-state index contributed by atoms with van der Waals surface area (Å²) >= 11 is 0. The fourth-order valence-electron chi connectivity index (χ4n) is 2.57. The average molecular weight is 331 g/mol. The van der Waals surface area contributed by atoms with E-state index in [4.69, 9.17) is 4.74 Å². The molecule has 25 heavy (non-hydrogen) atoms. The lowest BCUT2D eigenvalue weighted by Crippen LogP contribution is -2.26. The first-order chi connectivity index (χ1) is 12.1. The Kier molecular flexibility index (Phi) is 5.14. The van der Waals surface area contributed by atoms with E-state index in [0.717, 1.165) is 22.6 Å². The Balaban J connectivity index is 1.66. The smallest absolute Gasteiger partial charge is 0.258 e. The summed E-state index contributed by atoms with van der Waals surface area (Å²) < 4.78 is 5.73. The van der Waals surface area contributed by atoms with E-state index in [0.29, 0.717) is 12.2 Å². The maximum atomic E-state index is 12.6. The third-order valence-electron chi connectivity index (χ3n) is 4.04. The van der Waals surface area contributed by atoms with Gasteiger partial charge in [-0.05, 0) is 54.4 Å². The van der Waals surface area contributed by atoms with E-state index in [9.17, 15) is 4.79 Å². The molecule has 0 unspecified atom stereocenters. The zero-order valence-electron chi connectivity index (χ0n) is 14.5. The van der Waals surface area contributed by atoms with Crippen LogP contribution in [0, 0.1) is 6.92 Å². The lowest BCUT2D eigenvalue weighted by molar-refractivity contribution is 0.0993. The third kappa shape index (κ3) is 4.27. The van der Waals surface area contributed by atoms with Crippen molar-refractivity contribution in [3.05, 3.63) is 95.6 Å². The molecule has 0 aromatic heterocycles. The molecule has 3 heteroatoms. The minimum absolute atomic E-state index is 0.0267. The van der Waals surface area contributed by atoms with Gasteiger partial charge in [-0.2, -0.15) is 0 Å². The first kappa shape index (κ1) is 16.8. The fourth-order valence-corrected chi connectivity index (χ4v) is 2.57. The summed E-state index contributed by atoms with van der Waals surface area (Å²) in [6, 6.07) is 25.2. The second-order valence-corrected chi connectivity index (χ2v) is 6.00. The zero-order chi connectivity index (χ0) is 17.6. The molecule has 0 N–H and O–H groups in total. The van der Waals surface area contributed by atoms with Crippen LogP contribution in [-0.4, -0.2) is 13.0 Å². The maximum absolute atomic E-state index is 12.6. The van der Waals surface area contributed by atoms with E-state index >= 15 is 0 Å². The van der Waals surface area contributed by atoms with Gasteiger partial charge in [0.2, 0.25) is 0 Å². The molecule has 0 radical (unpaired) electrons. The van der Waals surface area contributed by atoms with Crippen molar-refractivity contribution in [2.45, 2.75) is 13.5 Å². The number of aryl methyl sites for hydroxylation is 1. The normalized spacial score (nSPS) is 10.3. The topological polar surface area (TPSA) is 29.5 Å². The summed E-state index contributed by atoms with van der Waals surface area (Å²) in [4.78, 5) is 14.3. The molecule has 0 heterocycles. The molecule has 0 fully saturated rings. The van der Waals surface area contributed by atoms with Gasteiger partial charge in [-0.25, -0.2) is 0 Å². The van der Waals surface area contributed by atoms with E-state index in [1.807, 2.05) is 85.8 Å². The Morgan fingerprint density at radius 3 is 2.32 bits per heavy atom. The minimum Gasteiger partial charge on any atom is -0.489 e. The Labute approximate surface area is 148 Å². The van der Waals surface area contributed by atoms with Gasteiger partial charge in [-0.3, -0.25) is 4.79 Å². The summed E-state index contributed by atoms with van der Waals surface area (Å²) in [6.45, 7) is 2.50. The predicted octanol–water partition coefficient (Wildman–Crippen LogP) is 4.85. The molecule has 3 nitrogen and oxygen atoms in total. The van der Waals surface area contributed by atoms with Gasteiger partial charge in [-0.1, -0.05) is 42.5 Å². The number of anilines is 1. The first-order valence-corrected chi connectivity index (χ1v) is 8.25. The van der Waals surface area contributed by atoms with Crippen molar-refractivity contribution >= 4 is 11.6 Å². The van der Waals surface area contributed by atoms with E-state index in [-0.39, 0.29) is 5.91 Å². The van der Waals surface area contributed by atoms with E-state index < -0.39 is 0 Å². The van der Waals surface area contributed by atoms with Gasteiger partial charge in [0.05, 0.1) is 0 Å². The van der Waals surface area contributed by atoms with Gasteiger partial charge in [-0.15, -0.1) is 0 Å². The Bertz CT molecular complexity index is 841. The Morgan fingerprint density at radius 2 is 1.64 bits per heavy atom. The highest BCUT2D eigenvalue weighted by Gasteiger charge is 2.13. The second-order valence-electron chi connectivity index (χ2n) is 6.00. The van der Waals surface area contributed by atoms with Crippen molar-refractivity contribution in [1.82, 2.24) is 0 Å². The lowest BCUT2D eigenvalue weighted by atomic mass is 10.1. The number of hydrogen-bond acceptors (Lipinski definition) is 2. The molecule has 0 aliphatic heterocycles. The summed E-state index contributed by atoms with van der Waals surface area (Å²) in [5.74, 6) is 0.808. The van der Waals surface area contributed by atoms with Gasteiger partial charge >= 0.3 is 0 Å². The van der Waals surface area contributed by atoms with Crippen molar-refractivity contribution in [3.8, 4) is 5.75 Å². The highest BCUT2D eigenvalue weighted by Crippen LogP contribution is 2.18. The minimum atomic E-state index is -0.0267. The van der Waals surface area contributed by atoms with Crippen molar-refractivity contribution in [2.75, 3.05) is 11.9 Å². The molecule has 126 valence electrons. The molecule has 0 saturated heterocycles. The molecule has 0 spiro atoms. The van der Waals surface area contributed by atoms with Crippen LogP contribution < -0.4 is 9.64 Å². The van der Waals surface area contributed by atoms with Gasteiger partial charge in [0.25, 0.3) is 5.91 Å². The summed E-state index contributed by atoms with van der Waals surface area (Å²) in [6.07, 6.45) is 0. The molecule has 0 bridgehead atoms. The molecular weight excluding hydrogens is 310 g/mol. The predicted molar refractivity (Wildman–Crippen MR) is 101 cm³/mol. The van der Waals surface area contributed by atoms with Crippen LogP contribution in [0.15, 0.2) is 78.9 Å². The van der Waals surface area contributed by atoms with Crippen LogP contribution in [0.1, 0.15) is 21.5 Å². The van der Waals surface area contributed by atoms with Gasteiger partial charge < -0.3 is 9.64 Å². The van der Waals surface area contributed by atoms with Crippen LogP contribution in [0.4, 0.5) is 5.69 Å². The number of hydrogen-bond donors (Lipinski definition) is 0. The number of ether oxygens (including phenoxy) is 1. The molecule has 3 rings (SSSR count). The molecule has 3 aromatic carbocycles. The van der Waals surface area contributed by atoms with Gasteiger partial charge in [0.15, 0.2) is 0 Å². The number of carbonyl (C=O) groups excluding carboxylic acids is 1. The van der Waals surface area contributed by atoms with E-state index in [1.54, 1.807) is 11.9 Å². The largest absolute Gasteiger partial charge is 0.489 e. The number of carbonyl (C=O) groups is 1. The fraction of sp³-hybridized carbons (Fsp3) is 0.136. The summed E-state index contributed by atoms with van der Waals surface area (Å²) in [7, 11) is 1.80. The third-order valence-corrected chi connectivity index (χ3v) is 4.04. The molecule has 0 aliphatic rings. The maximum Gasteiger partial charge on any atom is 0.258 e. The second kappa shape index (κ2) is 7.67. The summed E-state index contributed by atoms with van der Waals surface area (Å²) in [5, 5.41) is 0. The molecule has 0 atom stereocenters. The number of benzene rings is 3. The van der Waals surface area contributed by atoms with Crippen LogP contribution in [0.3, 0.4) is 0 Å². The highest BCUT2D eigenvalue weighted by molar-refractivity contribution is 6.05. The molecule has 0 saturated carbocycles. The van der Waals surface area contributed by atoms with Crippen LogP contribution in [0.5, 0.6) is 5.75 Å². The lowest BCUT2D eigenvalue weighted by Gasteiger charge is -2.18. The zero-order valence-corrected chi connectivity index (χ0v) is 14.5. The molecule has 1 amide bonds. The van der Waals surface area contributed by atoms with Crippen molar-refractivity contribution < 1.29 is 9.53 Å². The quantitative estimate of drug-likeness (QED) is 0.669. The van der Waals surface area contributed by atoms with Crippen molar-refractivity contribution in [2.24, 2.45) is 0 Å². The van der Waals surface area contributed by atoms with Crippen LogP contribution in [0.2, 0.25) is 0 Å². The SMILES string of the molecule is Cc1cccc(N(C)C(=O)c2ccc(COc3ccccc3)cc2)c1. The standard InChI is InChI=1S/C22H21NO2/c1-17-7-6-8-20(15-17)23(2)22(24)19-13-11-18(12-14-19)16-25-21-9-4-3-5-10-21/h3-15H,16H2,1-2H3. The number of nitrogens with zero attached hydrogens (tertiary/aromatic N) is 1. The average Bonchev–Trinajstić information content (AvgIpc) is 2.66. The Morgan fingerprint density at radius 1 is 0.920 bits per heavy atom. The Hall–Kier alpha value is -3.07. The van der Waals surface area contributed by atoms with Crippen LogP contribution in [-0.2, 0) is 6.61 Å². The number of para-hydroxylation sites is 1. The number of amides is 1. The van der Waals surface area contributed by atoms with E-state index in [1.165, 1.54) is 0 Å². The molecule has 3 aromatic rings. The monoisotopic (exact) mass is 331 g/mol. The van der Waals surface area contributed by atoms with E-state index in [2.05, 4.69) is 0 Å². The highest BCUT2D eigenvalue weighted by atomic mass is 16.5. The molecule has 0 aliphatic carbocycles. The van der Waals surface area contributed by atoms with Crippen molar-refractivity contribution in [3.63, 3.8) is 0 Å². The summed E-state index contributed by atoms with van der Waals surface area (Å²) in [5.41, 5.74) is 3.71. The first-order valence-electron chi connectivity index (χ1n) is 8.25. The van der Waals surface area contributed by atoms with Crippen LogP contribution >= 0.6 is 0 Å².